The van der Waals surface area contributed by atoms with E-state index in [9.17, 15) is 0 Å². The minimum atomic E-state index is 0.545. The van der Waals surface area contributed by atoms with Crippen LogP contribution in [0.1, 0.15) is 45.4 Å². The molecule has 0 atom stereocenters. The van der Waals surface area contributed by atoms with Gasteiger partial charge in [-0.15, -0.1) is 0 Å². The summed E-state index contributed by atoms with van der Waals surface area (Å²) in [6.07, 6.45) is 10.8. The highest BCUT2D eigenvalue weighted by molar-refractivity contribution is 7.98. The van der Waals surface area contributed by atoms with Gasteiger partial charge in [0, 0.05) is 7.11 Å². The third-order valence-corrected chi connectivity index (χ3v) is 4.30. The summed E-state index contributed by atoms with van der Waals surface area (Å²) in [5.41, 5.74) is 0.616. The maximum absolute atomic E-state index is 5.41. The van der Waals surface area contributed by atoms with Crippen LogP contribution >= 0.6 is 11.8 Å². The Morgan fingerprint density at radius 2 is 2.00 bits per heavy atom. The lowest BCUT2D eigenvalue weighted by atomic mass is 9.72. The lowest BCUT2D eigenvalue weighted by molar-refractivity contribution is 0.0295. The van der Waals surface area contributed by atoms with Gasteiger partial charge in [0.25, 0.3) is 0 Å². The van der Waals surface area contributed by atoms with Gasteiger partial charge in [0.1, 0.15) is 0 Å². The first-order valence-corrected chi connectivity index (χ1v) is 7.11. The monoisotopic (exact) mass is 216 g/mol. The molecule has 1 nitrogen and oxygen atoms in total. The van der Waals surface area contributed by atoms with Crippen LogP contribution < -0.4 is 0 Å². The third kappa shape index (κ3) is 3.82. The molecule has 0 aromatic heterocycles. The van der Waals surface area contributed by atoms with Crippen LogP contribution in [0.3, 0.4) is 0 Å². The molecule has 0 unspecified atom stereocenters. The summed E-state index contributed by atoms with van der Waals surface area (Å²) in [6.45, 7) is 2.46. The smallest absolute Gasteiger partial charge is 0.0571 e. The van der Waals surface area contributed by atoms with Crippen molar-refractivity contribution in [1.82, 2.24) is 0 Å². The van der Waals surface area contributed by atoms with Crippen molar-refractivity contribution in [2.45, 2.75) is 51.6 Å². The molecule has 0 heterocycles. The molecular formula is C12H24OS. The van der Waals surface area contributed by atoms with Crippen molar-refractivity contribution < 1.29 is 4.74 Å². The van der Waals surface area contributed by atoms with Crippen molar-refractivity contribution in [3.8, 4) is 0 Å². The van der Waals surface area contributed by atoms with Crippen molar-refractivity contribution in [3.63, 3.8) is 0 Å². The summed E-state index contributed by atoms with van der Waals surface area (Å²) in [5.74, 6) is 1.32. The van der Waals surface area contributed by atoms with Crippen LogP contribution in [-0.4, -0.2) is 25.2 Å². The maximum atomic E-state index is 5.41. The average molecular weight is 216 g/mol. The molecular weight excluding hydrogens is 192 g/mol. The average Bonchev–Trinajstić information content (AvgIpc) is 2.19. The molecule has 14 heavy (non-hydrogen) atoms. The van der Waals surface area contributed by atoms with Gasteiger partial charge in [0.15, 0.2) is 0 Å². The minimum absolute atomic E-state index is 0.545. The van der Waals surface area contributed by atoms with Crippen LogP contribution in [-0.2, 0) is 4.74 Å². The van der Waals surface area contributed by atoms with E-state index in [4.69, 9.17) is 4.74 Å². The van der Waals surface area contributed by atoms with Crippen LogP contribution in [0, 0.1) is 5.41 Å². The highest BCUT2D eigenvalue weighted by atomic mass is 32.2. The first-order chi connectivity index (χ1) is 6.70. The fourth-order valence-electron chi connectivity index (χ4n) is 2.42. The molecule has 0 aromatic carbocycles. The Morgan fingerprint density at radius 3 is 2.50 bits per heavy atom. The summed E-state index contributed by atoms with van der Waals surface area (Å²) in [6, 6.07) is 0. The lowest BCUT2D eigenvalue weighted by Gasteiger charge is -2.37. The highest BCUT2D eigenvalue weighted by Crippen LogP contribution is 2.40. The largest absolute Gasteiger partial charge is 0.381 e. The predicted octanol–water partition coefficient (Wildman–Crippen LogP) is 3.72. The first kappa shape index (κ1) is 12.4. The van der Waals surface area contributed by atoms with Crippen molar-refractivity contribution in [1.29, 1.82) is 0 Å². The number of rotatable bonds is 5. The molecule has 0 bridgehead atoms. The van der Waals surface area contributed by atoms with Gasteiger partial charge >= 0.3 is 0 Å². The Kier molecular flexibility index (Phi) is 5.32. The SMILES string of the molecule is COC1CCC(C)(CCCSC)CC1. The van der Waals surface area contributed by atoms with E-state index in [0.717, 1.165) is 0 Å². The van der Waals surface area contributed by atoms with Crippen molar-refractivity contribution in [2.75, 3.05) is 19.1 Å². The molecule has 0 amide bonds. The number of ether oxygens (including phenoxy) is 1. The molecule has 1 aliphatic rings. The van der Waals surface area contributed by atoms with E-state index in [0.29, 0.717) is 11.5 Å². The maximum Gasteiger partial charge on any atom is 0.0571 e. The second-order valence-electron chi connectivity index (χ2n) is 4.84. The molecule has 0 radical (unpaired) electrons. The van der Waals surface area contributed by atoms with Gasteiger partial charge in [-0.25, -0.2) is 0 Å². The van der Waals surface area contributed by atoms with E-state index >= 15 is 0 Å². The normalized spacial score (nSPS) is 33.2. The fourth-order valence-corrected chi connectivity index (χ4v) is 2.85. The molecule has 1 aliphatic carbocycles. The Morgan fingerprint density at radius 1 is 1.36 bits per heavy atom. The minimum Gasteiger partial charge on any atom is -0.381 e. The van der Waals surface area contributed by atoms with Crippen LogP contribution in [0.5, 0.6) is 0 Å². The van der Waals surface area contributed by atoms with Gasteiger partial charge < -0.3 is 4.74 Å². The summed E-state index contributed by atoms with van der Waals surface area (Å²) in [7, 11) is 1.85. The van der Waals surface area contributed by atoms with Gasteiger partial charge in [-0.2, -0.15) is 11.8 Å². The molecule has 0 spiro atoms. The molecule has 1 rings (SSSR count). The summed E-state index contributed by atoms with van der Waals surface area (Å²) in [4.78, 5) is 0. The molecule has 0 saturated heterocycles. The Hall–Kier alpha value is 0.310. The molecule has 2 heteroatoms. The zero-order valence-electron chi connectivity index (χ0n) is 9.84. The molecule has 0 aromatic rings. The Labute approximate surface area is 93.0 Å². The van der Waals surface area contributed by atoms with Crippen LogP contribution in [0.15, 0.2) is 0 Å². The molecule has 1 fully saturated rings. The van der Waals surface area contributed by atoms with Crippen molar-refractivity contribution in [3.05, 3.63) is 0 Å². The summed E-state index contributed by atoms with van der Waals surface area (Å²) >= 11 is 1.97. The van der Waals surface area contributed by atoms with Crippen LogP contribution in [0.25, 0.3) is 0 Å². The van der Waals surface area contributed by atoms with Gasteiger partial charge in [0.05, 0.1) is 6.10 Å². The molecule has 0 N–H and O–H groups in total. The first-order valence-electron chi connectivity index (χ1n) is 5.72. The highest BCUT2D eigenvalue weighted by Gasteiger charge is 2.30. The van der Waals surface area contributed by atoms with Crippen LogP contribution in [0.4, 0.5) is 0 Å². The number of hydrogen-bond donors (Lipinski definition) is 0. The topological polar surface area (TPSA) is 9.23 Å². The van der Waals surface area contributed by atoms with Gasteiger partial charge in [-0.3, -0.25) is 0 Å². The Balaban J connectivity index is 2.23. The van der Waals surface area contributed by atoms with E-state index in [-0.39, 0.29) is 0 Å². The zero-order valence-corrected chi connectivity index (χ0v) is 10.7. The molecule has 1 saturated carbocycles. The van der Waals surface area contributed by atoms with Gasteiger partial charge in [-0.1, -0.05) is 6.92 Å². The summed E-state index contributed by atoms with van der Waals surface area (Å²) < 4.78 is 5.41. The number of hydrogen-bond acceptors (Lipinski definition) is 2. The lowest BCUT2D eigenvalue weighted by Crippen LogP contribution is -2.28. The quantitative estimate of drug-likeness (QED) is 0.648. The Bertz CT molecular complexity index is 145. The zero-order chi connectivity index (χ0) is 10.4. The second-order valence-corrected chi connectivity index (χ2v) is 5.83. The van der Waals surface area contributed by atoms with Crippen molar-refractivity contribution in [2.24, 2.45) is 5.41 Å². The molecule has 0 aliphatic heterocycles. The number of methoxy groups -OCH3 is 1. The van der Waals surface area contributed by atoms with Gasteiger partial charge in [-0.05, 0) is 55.9 Å². The summed E-state index contributed by atoms with van der Waals surface area (Å²) in [5, 5.41) is 0. The van der Waals surface area contributed by atoms with E-state index in [1.54, 1.807) is 0 Å². The fraction of sp³-hybridized carbons (Fsp3) is 1.00. The number of thioether (sulfide) groups is 1. The van der Waals surface area contributed by atoms with Crippen molar-refractivity contribution >= 4 is 11.8 Å². The van der Waals surface area contributed by atoms with Gasteiger partial charge in [0.2, 0.25) is 0 Å². The molecule has 84 valence electrons. The van der Waals surface area contributed by atoms with E-state index in [1.165, 1.54) is 44.3 Å². The van der Waals surface area contributed by atoms with E-state index in [1.807, 2.05) is 18.9 Å². The van der Waals surface area contributed by atoms with Crippen LogP contribution in [0.2, 0.25) is 0 Å². The second kappa shape index (κ2) is 6.02. The standard InChI is InChI=1S/C12H24OS/c1-12(7-4-10-14-3)8-5-11(13-2)6-9-12/h11H,4-10H2,1-3H3. The predicted molar refractivity (Wildman–Crippen MR) is 65.0 cm³/mol. The van der Waals surface area contributed by atoms with E-state index < -0.39 is 0 Å². The van der Waals surface area contributed by atoms with E-state index in [2.05, 4.69) is 13.2 Å². The third-order valence-electron chi connectivity index (χ3n) is 3.60.